The Morgan fingerprint density at radius 3 is 2.48 bits per heavy atom. The van der Waals surface area contributed by atoms with E-state index in [0.717, 1.165) is 36.7 Å². The lowest BCUT2D eigenvalue weighted by atomic mass is 10.0. The minimum absolute atomic E-state index is 0.276. The van der Waals surface area contributed by atoms with Crippen LogP contribution in [0.3, 0.4) is 0 Å². The summed E-state index contributed by atoms with van der Waals surface area (Å²) in [6.45, 7) is 11.2. The van der Waals surface area contributed by atoms with Crippen molar-refractivity contribution < 1.29 is 4.79 Å². The highest BCUT2D eigenvalue weighted by Crippen LogP contribution is 2.61. The molecule has 0 amide bonds. The summed E-state index contributed by atoms with van der Waals surface area (Å²) in [6.07, 6.45) is 11.8. The number of carbonyl (C=O) groups excluding carboxylic acids is 1. The topological polar surface area (TPSA) is 17.1 Å². The zero-order valence-corrected chi connectivity index (χ0v) is 14.3. The van der Waals surface area contributed by atoms with Gasteiger partial charge in [-0.15, -0.1) is 0 Å². The van der Waals surface area contributed by atoms with Gasteiger partial charge in [0.15, 0.2) is 5.78 Å². The lowest BCUT2D eigenvalue weighted by Gasteiger charge is -2.05. The number of carbonyl (C=O) groups is 1. The molecule has 2 aliphatic rings. The molecule has 1 nitrogen and oxygen atoms in total. The molecule has 0 radical (unpaired) electrons. The number of Topliss-reactive ketones (excluding diaryl/α,β-unsaturated/α-hetero) is 1. The van der Waals surface area contributed by atoms with Crippen LogP contribution < -0.4 is 0 Å². The third-order valence-electron chi connectivity index (χ3n) is 5.52. The van der Waals surface area contributed by atoms with Gasteiger partial charge in [-0.25, -0.2) is 0 Å². The number of hydrogen-bond donors (Lipinski definition) is 0. The molecule has 2 rings (SSSR count). The lowest BCUT2D eigenvalue weighted by Crippen LogP contribution is -1.98. The standard InChI is InChI=1S/C20H30O/c1-14-9-11-17-18(20(17,4)5)13-15(2)7-6-8-16(3)19(21)12-10-14/h8,10,13,17-18H,6-7,9,11-12H2,1-5H3/b14-10+,15-13+,16-8+/t17-,18+/m0/s1. The van der Waals surface area contributed by atoms with Crippen LogP contribution in [0, 0.1) is 17.3 Å². The first-order chi connectivity index (χ1) is 9.82. The summed E-state index contributed by atoms with van der Waals surface area (Å²) in [6, 6.07) is 0. The maximum Gasteiger partial charge on any atom is 0.162 e. The van der Waals surface area contributed by atoms with Crippen LogP contribution in [0.25, 0.3) is 0 Å². The van der Waals surface area contributed by atoms with Gasteiger partial charge in [0, 0.05) is 6.42 Å². The Labute approximate surface area is 130 Å². The molecule has 0 bridgehead atoms. The molecule has 0 aromatic rings. The summed E-state index contributed by atoms with van der Waals surface area (Å²) >= 11 is 0. The van der Waals surface area contributed by atoms with Crippen LogP contribution in [-0.2, 0) is 4.79 Å². The molecule has 1 fully saturated rings. The highest BCUT2D eigenvalue weighted by atomic mass is 16.1. The maximum atomic E-state index is 12.1. The van der Waals surface area contributed by atoms with Gasteiger partial charge in [-0.3, -0.25) is 4.79 Å². The van der Waals surface area contributed by atoms with E-state index in [-0.39, 0.29) is 5.78 Å². The number of allylic oxidation sites excluding steroid dienone is 6. The molecule has 2 atom stereocenters. The molecule has 0 saturated heterocycles. The SMILES string of the molecule is C/C1=C\[C@@H]2[C@H](CC/C(C)=C/CC(=O)/C(C)=C/CC1)C2(C)C. The fourth-order valence-electron chi connectivity index (χ4n) is 3.60. The lowest BCUT2D eigenvalue weighted by molar-refractivity contribution is -0.114. The second-order valence-electron chi connectivity index (χ2n) is 7.61. The van der Waals surface area contributed by atoms with Gasteiger partial charge in [0.1, 0.15) is 0 Å². The molecule has 21 heavy (non-hydrogen) atoms. The average Bonchev–Trinajstić information content (AvgIpc) is 2.92. The molecule has 0 heterocycles. The van der Waals surface area contributed by atoms with Gasteiger partial charge in [-0.05, 0) is 69.3 Å². The first-order valence-electron chi connectivity index (χ1n) is 8.35. The number of ketones is 1. The summed E-state index contributed by atoms with van der Waals surface area (Å²) in [5, 5.41) is 0. The minimum Gasteiger partial charge on any atom is -0.294 e. The van der Waals surface area contributed by atoms with Crippen molar-refractivity contribution in [3.05, 3.63) is 34.9 Å². The first-order valence-corrected chi connectivity index (χ1v) is 8.35. The highest BCUT2D eigenvalue weighted by Gasteiger charge is 2.55. The van der Waals surface area contributed by atoms with Gasteiger partial charge in [-0.1, -0.05) is 43.2 Å². The van der Waals surface area contributed by atoms with Crippen LogP contribution in [0.4, 0.5) is 0 Å². The van der Waals surface area contributed by atoms with Crippen LogP contribution in [0.15, 0.2) is 34.9 Å². The molecule has 0 unspecified atom stereocenters. The normalized spacial score (nSPS) is 38.0. The van der Waals surface area contributed by atoms with E-state index in [2.05, 4.69) is 45.9 Å². The molecular formula is C20H30O. The third-order valence-corrected chi connectivity index (χ3v) is 5.52. The second-order valence-corrected chi connectivity index (χ2v) is 7.61. The van der Waals surface area contributed by atoms with Crippen molar-refractivity contribution in [2.75, 3.05) is 0 Å². The van der Waals surface area contributed by atoms with Crippen molar-refractivity contribution in [3.8, 4) is 0 Å². The molecule has 2 aliphatic carbocycles. The summed E-state index contributed by atoms with van der Waals surface area (Å²) < 4.78 is 0. The zero-order valence-electron chi connectivity index (χ0n) is 14.3. The molecule has 1 saturated carbocycles. The van der Waals surface area contributed by atoms with Gasteiger partial charge < -0.3 is 0 Å². The van der Waals surface area contributed by atoms with E-state index in [0.29, 0.717) is 11.8 Å². The molecular weight excluding hydrogens is 256 g/mol. The number of rotatable bonds is 0. The molecule has 0 N–H and O–H groups in total. The van der Waals surface area contributed by atoms with Crippen molar-refractivity contribution in [1.29, 1.82) is 0 Å². The van der Waals surface area contributed by atoms with E-state index in [9.17, 15) is 4.79 Å². The Bertz CT molecular complexity index is 502. The summed E-state index contributed by atoms with van der Waals surface area (Å²) in [5.41, 5.74) is 4.24. The predicted molar refractivity (Wildman–Crippen MR) is 90.1 cm³/mol. The summed E-state index contributed by atoms with van der Waals surface area (Å²) in [5.74, 6) is 1.84. The largest absolute Gasteiger partial charge is 0.294 e. The van der Waals surface area contributed by atoms with Crippen LogP contribution in [0.2, 0.25) is 0 Å². The third kappa shape index (κ3) is 3.96. The molecule has 1 heteroatoms. The van der Waals surface area contributed by atoms with Crippen molar-refractivity contribution in [2.45, 2.75) is 66.7 Å². The van der Waals surface area contributed by atoms with Crippen LogP contribution in [0.5, 0.6) is 0 Å². The first kappa shape index (κ1) is 16.3. The second kappa shape index (κ2) is 6.34. The van der Waals surface area contributed by atoms with Crippen molar-refractivity contribution in [1.82, 2.24) is 0 Å². The number of hydrogen-bond acceptors (Lipinski definition) is 1. The van der Waals surface area contributed by atoms with E-state index in [4.69, 9.17) is 0 Å². The fourth-order valence-corrected chi connectivity index (χ4v) is 3.60. The molecule has 0 spiro atoms. The van der Waals surface area contributed by atoms with E-state index in [1.165, 1.54) is 17.6 Å². The Kier molecular flexibility index (Phi) is 4.91. The number of fused-ring (bicyclic) bond motifs is 1. The van der Waals surface area contributed by atoms with Crippen molar-refractivity contribution >= 4 is 5.78 Å². The van der Waals surface area contributed by atoms with Gasteiger partial charge in [-0.2, -0.15) is 0 Å². The smallest absolute Gasteiger partial charge is 0.162 e. The van der Waals surface area contributed by atoms with Crippen molar-refractivity contribution in [3.63, 3.8) is 0 Å². The minimum atomic E-state index is 0.276. The van der Waals surface area contributed by atoms with E-state index in [1.807, 2.05) is 6.92 Å². The van der Waals surface area contributed by atoms with Gasteiger partial charge in [0.05, 0.1) is 0 Å². The van der Waals surface area contributed by atoms with Crippen LogP contribution >= 0.6 is 0 Å². The summed E-state index contributed by atoms with van der Waals surface area (Å²) in [7, 11) is 0. The van der Waals surface area contributed by atoms with Crippen LogP contribution in [0.1, 0.15) is 66.7 Å². The highest BCUT2D eigenvalue weighted by molar-refractivity contribution is 5.95. The monoisotopic (exact) mass is 286 g/mol. The Balaban J connectivity index is 2.16. The predicted octanol–water partition coefficient (Wildman–Crippen LogP) is 5.63. The van der Waals surface area contributed by atoms with Gasteiger partial charge in [0.2, 0.25) is 0 Å². The van der Waals surface area contributed by atoms with E-state index >= 15 is 0 Å². The maximum absolute atomic E-state index is 12.1. The molecule has 0 aromatic heterocycles. The molecule has 116 valence electrons. The summed E-state index contributed by atoms with van der Waals surface area (Å²) in [4.78, 5) is 12.1. The Morgan fingerprint density at radius 2 is 1.76 bits per heavy atom. The quantitative estimate of drug-likeness (QED) is 0.527. The molecule has 0 aliphatic heterocycles. The van der Waals surface area contributed by atoms with E-state index in [1.54, 1.807) is 0 Å². The Hall–Kier alpha value is -1.11. The molecule has 0 aromatic carbocycles. The van der Waals surface area contributed by atoms with Crippen molar-refractivity contribution in [2.24, 2.45) is 17.3 Å². The fraction of sp³-hybridized carbons (Fsp3) is 0.650. The zero-order chi connectivity index (χ0) is 15.6. The van der Waals surface area contributed by atoms with Crippen LogP contribution in [-0.4, -0.2) is 5.78 Å². The van der Waals surface area contributed by atoms with Gasteiger partial charge >= 0.3 is 0 Å². The van der Waals surface area contributed by atoms with Gasteiger partial charge in [0.25, 0.3) is 0 Å². The van der Waals surface area contributed by atoms with E-state index < -0.39 is 0 Å². The Morgan fingerprint density at radius 1 is 1.05 bits per heavy atom. The average molecular weight is 286 g/mol.